The van der Waals surface area contributed by atoms with Crippen molar-refractivity contribution in [1.29, 1.82) is 0 Å². The second kappa shape index (κ2) is 11.6. The molecule has 186 valence electrons. The third-order valence-corrected chi connectivity index (χ3v) is 6.80. The zero-order valence-electron chi connectivity index (χ0n) is 20.2. The predicted molar refractivity (Wildman–Crippen MR) is 135 cm³/mol. The van der Waals surface area contributed by atoms with E-state index in [1.807, 2.05) is 38.1 Å². The maximum atomic E-state index is 13.6. The van der Waals surface area contributed by atoms with Gasteiger partial charge in [0.2, 0.25) is 5.91 Å². The summed E-state index contributed by atoms with van der Waals surface area (Å²) in [5, 5.41) is 2.80. The molecule has 0 aliphatic rings. The molecule has 0 saturated carbocycles. The maximum absolute atomic E-state index is 13.6. The highest BCUT2D eigenvalue weighted by Crippen LogP contribution is 2.32. The van der Waals surface area contributed by atoms with Gasteiger partial charge in [-0.15, -0.1) is 0 Å². The number of para-hydroxylation sites is 1. The topological polar surface area (TPSA) is 94.2 Å². The van der Waals surface area contributed by atoms with Gasteiger partial charge in [0.1, 0.15) is 12.3 Å². The van der Waals surface area contributed by atoms with Crippen LogP contribution in [0.3, 0.4) is 0 Å². The molecule has 0 spiro atoms. The molecule has 1 N–H and O–H groups in total. The Morgan fingerprint density at radius 3 is 2.29 bits per heavy atom. The summed E-state index contributed by atoms with van der Waals surface area (Å²) >= 11 is 0. The van der Waals surface area contributed by atoms with Crippen LogP contribution in [0.15, 0.2) is 77.7 Å². The van der Waals surface area contributed by atoms with Crippen molar-refractivity contribution in [1.82, 2.24) is 5.32 Å². The van der Waals surface area contributed by atoms with Gasteiger partial charge in [-0.1, -0.05) is 30.3 Å². The summed E-state index contributed by atoms with van der Waals surface area (Å²) in [7, 11) is -1.20. The van der Waals surface area contributed by atoms with Crippen molar-refractivity contribution in [3.8, 4) is 17.2 Å². The number of sulfonamides is 1. The molecule has 0 heterocycles. The van der Waals surface area contributed by atoms with E-state index in [0.717, 1.165) is 9.87 Å². The zero-order chi connectivity index (χ0) is 25.4. The van der Waals surface area contributed by atoms with Crippen LogP contribution >= 0.6 is 0 Å². The van der Waals surface area contributed by atoms with E-state index in [9.17, 15) is 13.2 Å². The summed E-state index contributed by atoms with van der Waals surface area (Å²) in [6.45, 7) is 3.70. The summed E-state index contributed by atoms with van der Waals surface area (Å²) in [4.78, 5) is 12.8. The van der Waals surface area contributed by atoms with E-state index in [1.54, 1.807) is 30.3 Å². The minimum Gasteiger partial charge on any atom is -0.493 e. The normalized spacial score (nSPS) is 11.1. The first kappa shape index (κ1) is 25.9. The monoisotopic (exact) mass is 498 g/mol. The quantitative estimate of drug-likeness (QED) is 0.429. The average molecular weight is 499 g/mol. The van der Waals surface area contributed by atoms with Gasteiger partial charge in [-0.3, -0.25) is 9.10 Å². The summed E-state index contributed by atoms with van der Waals surface area (Å²) in [5.41, 5.74) is 1.20. The van der Waals surface area contributed by atoms with Crippen LogP contribution in [0.1, 0.15) is 19.4 Å². The number of methoxy groups -OCH3 is 2. The van der Waals surface area contributed by atoms with E-state index in [2.05, 4.69) is 5.32 Å². The first-order chi connectivity index (χ1) is 16.7. The van der Waals surface area contributed by atoms with Gasteiger partial charge in [0.15, 0.2) is 11.5 Å². The van der Waals surface area contributed by atoms with Crippen molar-refractivity contribution < 1.29 is 27.4 Å². The van der Waals surface area contributed by atoms with Crippen LogP contribution in [-0.2, 0) is 21.4 Å². The molecule has 3 aromatic rings. The SMILES string of the molecule is COc1ccc(S(=O)(=O)N(CC(=O)NCc2cccc(OC(C)C)c2)c2ccccc2)cc1OC. The van der Waals surface area contributed by atoms with Gasteiger partial charge in [0.25, 0.3) is 10.0 Å². The highest BCUT2D eigenvalue weighted by atomic mass is 32.2. The standard InChI is InChI=1S/C26H30N2O6S/c1-19(2)34-22-12-8-9-20(15-22)17-27-26(29)18-28(21-10-6-5-7-11-21)35(30,31)23-13-14-24(32-3)25(16-23)33-4/h5-16,19H,17-18H2,1-4H3,(H,27,29). The van der Waals surface area contributed by atoms with Crippen LogP contribution in [0.25, 0.3) is 0 Å². The number of amides is 1. The van der Waals surface area contributed by atoms with Gasteiger partial charge in [-0.05, 0) is 55.8 Å². The third kappa shape index (κ3) is 6.66. The molecule has 3 rings (SSSR count). The molecule has 0 fully saturated rings. The molecule has 0 aromatic heterocycles. The van der Waals surface area contributed by atoms with Crippen molar-refractivity contribution in [3.63, 3.8) is 0 Å². The van der Waals surface area contributed by atoms with E-state index in [4.69, 9.17) is 14.2 Å². The Balaban J connectivity index is 1.83. The molecule has 0 saturated heterocycles. The molecule has 1 amide bonds. The number of nitrogens with one attached hydrogen (secondary N) is 1. The molecule has 0 aliphatic heterocycles. The molecule has 0 unspecified atom stereocenters. The molecular formula is C26H30N2O6S. The number of hydrogen-bond donors (Lipinski definition) is 1. The smallest absolute Gasteiger partial charge is 0.264 e. The molecule has 3 aromatic carbocycles. The lowest BCUT2D eigenvalue weighted by Crippen LogP contribution is -2.40. The lowest BCUT2D eigenvalue weighted by molar-refractivity contribution is -0.119. The largest absolute Gasteiger partial charge is 0.493 e. The average Bonchev–Trinajstić information content (AvgIpc) is 2.85. The van der Waals surface area contributed by atoms with E-state index in [0.29, 0.717) is 17.2 Å². The fraction of sp³-hybridized carbons (Fsp3) is 0.269. The van der Waals surface area contributed by atoms with Gasteiger partial charge in [-0.25, -0.2) is 8.42 Å². The van der Waals surface area contributed by atoms with Crippen molar-refractivity contribution in [2.75, 3.05) is 25.1 Å². The number of hydrogen-bond acceptors (Lipinski definition) is 6. The van der Waals surface area contributed by atoms with E-state index in [1.165, 1.54) is 32.4 Å². The molecule has 0 bridgehead atoms. The molecule has 8 nitrogen and oxygen atoms in total. The van der Waals surface area contributed by atoms with Crippen molar-refractivity contribution in [3.05, 3.63) is 78.4 Å². The Labute approximate surface area is 206 Å². The molecular weight excluding hydrogens is 468 g/mol. The molecule has 0 aliphatic carbocycles. The summed E-state index contributed by atoms with van der Waals surface area (Å²) in [5.74, 6) is 0.926. The van der Waals surface area contributed by atoms with Crippen molar-refractivity contribution in [2.24, 2.45) is 0 Å². The Hall–Kier alpha value is -3.72. The van der Waals surface area contributed by atoms with Gasteiger partial charge in [0, 0.05) is 12.6 Å². The fourth-order valence-electron chi connectivity index (χ4n) is 3.40. The third-order valence-electron chi connectivity index (χ3n) is 5.03. The number of rotatable bonds is 11. The Bertz CT molecular complexity index is 1250. The van der Waals surface area contributed by atoms with Crippen LogP contribution in [0.5, 0.6) is 17.2 Å². The van der Waals surface area contributed by atoms with Crippen LogP contribution < -0.4 is 23.8 Å². The Morgan fingerprint density at radius 2 is 1.63 bits per heavy atom. The van der Waals surface area contributed by atoms with Crippen molar-refractivity contribution >= 4 is 21.6 Å². The second-order valence-corrected chi connectivity index (χ2v) is 9.82. The maximum Gasteiger partial charge on any atom is 0.264 e. The van der Waals surface area contributed by atoms with Gasteiger partial charge in [-0.2, -0.15) is 0 Å². The molecule has 0 atom stereocenters. The minimum absolute atomic E-state index is 0.0228. The summed E-state index contributed by atoms with van der Waals surface area (Å²) < 4.78 is 44.4. The Kier molecular flexibility index (Phi) is 8.59. The van der Waals surface area contributed by atoms with Crippen molar-refractivity contribution in [2.45, 2.75) is 31.4 Å². The van der Waals surface area contributed by atoms with Crippen LogP contribution in [0.4, 0.5) is 5.69 Å². The highest BCUT2D eigenvalue weighted by molar-refractivity contribution is 7.92. The predicted octanol–water partition coefficient (Wildman–Crippen LogP) is 4.00. The number of carbonyl (C=O) groups excluding carboxylic acids is 1. The van der Waals surface area contributed by atoms with Gasteiger partial charge in [0.05, 0.1) is 30.9 Å². The summed E-state index contributed by atoms with van der Waals surface area (Å²) in [6, 6.07) is 20.2. The lowest BCUT2D eigenvalue weighted by atomic mass is 10.2. The second-order valence-electron chi connectivity index (χ2n) is 7.95. The number of carbonyl (C=O) groups is 1. The van der Waals surface area contributed by atoms with E-state index in [-0.39, 0.29) is 23.3 Å². The molecule has 35 heavy (non-hydrogen) atoms. The molecule has 9 heteroatoms. The highest BCUT2D eigenvalue weighted by Gasteiger charge is 2.28. The molecule has 0 radical (unpaired) electrons. The number of benzene rings is 3. The van der Waals surface area contributed by atoms with Gasteiger partial charge < -0.3 is 19.5 Å². The number of ether oxygens (including phenoxy) is 3. The zero-order valence-corrected chi connectivity index (χ0v) is 21.0. The van der Waals surface area contributed by atoms with E-state index < -0.39 is 22.5 Å². The minimum atomic E-state index is -4.09. The number of nitrogens with zero attached hydrogens (tertiary/aromatic N) is 1. The first-order valence-corrected chi connectivity index (χ1v) is 12.5. The van der Waals surface area contributed by atoms with Crippen LogP contribution in [0, 0.1) is 0 Å². The summed E-state index contributed by atoms with van der Waals surface area (Å²) in [6.07, 6.45) is 0.0288. The number of anilines is 1. The fourth-order valence-corrected chi connectivity index (χ4v) is 4.84. The Morgan fingerprint density at radius 1 is 0.914 bits per heavy atom. The van der Waals surface area contributed by atoms with Gasteiger partial charge >= 0.3 is 0 Å². The lowest BCUT2D eigenvalue weighted by Gasteiger charge is -2.24. The van der Waals surface area contributed by atoms with E-state index >= 15 is 0 Å². The van der Waals surface area contributed by atoms with Crippen LogP contribution in [0.2, 0.25) is 0 Å². The first-order valence-electron chi connectivity index (χ1n) is 11.1. The van der Waals surface area contributed by atoms with Crippen LogP contribution in [-0.4, -0.2) is 41.2 Å².